The van der Waals surface area contributed by atoms with Gasteiger partial charge in [0, 0.05) is 17.1 Å². The van der Waals surface area contributed by atoms with Crippen LogP contribution in [-0.4, -0.2) is 4.98 Å². The summed E-state index contributed by atoms with van der Waals surface area (Å²) in [7, 11) is 0. The minimum absolute atomic E-state index is 0.383. The molecule has 0 aliphatic heterocycles. The lowest BCUT2D eigenvalue weighted by Gasteiger charge is -2.00. The van der Waals surface area contributed by atoms with Crippen molar-refractivity contribution in [3.8, 4) is 0 Å². The molecule has 0 spiro atoms. The van der Waals surface area contributed by atoms with Crippen molar-refractivity contribution in [2.75, 3.05) is 0 Å². The topological polar surface area (TPSA) is 51.0 Å². The SMILES string of the molecule is NOCc1cccc2c(Cl)c[nH]c12. The van der Waals surface area contributed by atoms with E-state index in [0.717, 1.165) is 16.5 Å². The van der Waals surface area contributed by atoms with Gasteiger partial charge < -0.3 is 4.98 Å². The number of aromatic amines is 1. The van der Waals surface area contributed by atoms with Gasteiger partial charge in [0.1, 0.15) is 0 Å². The molecule has 0 unspecified atom stereocenters. The zero-order valence-electron chi connectivity index (χ0n) is 6.88. The Morgan fingerprint density at radius 3 is 3.08 bits per heavy atom. The van der Waals surface area contributed by atoms with Crippen LogP contribution in [-0.2, 0) is 11.4 Å². The summed E-state index contributed by atoms with van der Waals surface area (Å²) >= 11 is 5.94. The molecule has 0 aliphatic rings. The van der Waals surface area contributed by atoms with E-state index in [4.69, 9.17) is 17.5 Å². The van der Waals surface area contributed by atoms with Gasteiger partial charge in [-0.3, -0.25) is 4.84 Å². The third kappa shape index (κ3) is 1.42. The first-order valence-electron chi connectivity index (χ1n) is 3.89. The number of H-pyrrole nitrogens is 1. The van der Waals surface area contributed by atoms with Crippen molar-refractivity contribution in [3.05, 3.63) is 35.0 Å². The first-order chi connectivity index (χ1) is 6.33. The van der Waals surface area contributed by atoms with E-state index >= 15 is 0 Å². The number of nitrogens with one attached hydrogen (secondary N) is 1. The van der Waals surface area contributed by atoms with Gasteiger partial charge in [0.25, 0.3) is 0 Å². The molecular weight excluding hydrogens is 188 g/mol. The third-order valence-corrected chi connectivity index (χ3v) is 2.30. The van der Waals surface area contributed by atoms with Gasteiger partial charge in [-0.2, -0.15) is 0 Å². The quantitative estimate of drug-likeness (QED) is 0.724. The van der Waals surface area contributed by atoms with Crippen LogP contribution in [0.2, 0.25) is 5.02 Å². The van der Waals surface area contributed by atoms with Crippen molar-refractivity contribution >= 4 is 22.5 Å². The van der Waals surface area contributed by atoms with E-state index in [1.54, 1.807) is 6.20 Å². The molecule has 2 rings (SSSR count). The minimum atomic E-state index is 0.383. The Hall–Kier alpha value is -1.03. The number of fused-ring (bicyclic) bond motifs is 1. The fourth-order valence-electron chi connectivity index (χ4n) is 1.39. The molecule has 0 aliphatic carbocycles. The minimum Gasteiger partial charge on any atom is -0.359 e. The number of para-hydroxylation sites is 1. The van der Waals surface area contributed by atoms with Gasteiger partial charge in [-0.25, -0.2) is 5.90 Å². The Morgan fingerprint density at radius 1 is 1.46 bits per heavy atom. The van der Waals surface area contributed by atoms with E-state index in [9.17, 15) is 0 Å². The first-order valence-corrected chi connectivity index (χ1v) is 4.27. The largest absolute Gasteiger partial charge is 0.359 e. The summed E-state index contributed by atoms with van der Waals surface area (Å²) in [6.07, 6.45) is 1.76. The van der Waals surface area contributed by atoms with Crippen molar-refractivity contribution in [2.45, 2.75) is 6.61 Å². The number of hydrogen-bond donors (Lipinski definition) is 2. The van der Waals surface area contributed by atoms with Crippen LogP contribution in [0.1, 0.15) is 5.56 Å². The monoisotopic (exact) mass is 196 g/mol. The smallest absolute Gasteiger partial charge is 0.0950 e. The van der Waals surface area contributed by atoms with Crippen molar-refractivity contribution in [3.63, 3.8) is 0 Å². The van der Waals surface area contributed by atoms with E-state index in [-0.39, 0.29) is 0 Å². The summed E-state index contributed by atoms with van der Waals surface area (Å²) in [5, 5.41) is 1.71. The zero-order chi connectivity index (χ0) is 9.26. The number of aromatic nitrogens is 1. The number of rotatable bonds is 2. The summed E-state index contributed by atoms with van der Waals surface area (Å²) in [5.41, 5.74) is 1.99. The summed E-state index contributed by atoms with van der Waals surface area (Å²) in [4.78, 5) is 7.66. The molecule has 2 aromatic rings. The predicted octanol–water partition coefficient (Wildman–Crippen LogP) is 2.21. The normalized spacial score (nSPS) is 10.9. The zero-order valence-corrected chi connectivity index (χ0v) is 7.64. The molecule has 1 aromatic carbocycles. The number of benzene rings is 1. The average Bonchev–Trinajstić information content (AvgIpc) is 2.50. The number of halogens is 1. The molecule has 68 valence electrons. The molecule has 13 heavy (non-hydrogen) atoms. The van der Waals surface area contributed by atoms with Gasteiger partial charge in [-0.05, 0) is 0 Å². The maximum Gasteiger partial charge on any atom is 0.0950 e. The van der Waals surface area contributed by atoms with Gasteiger partial charge in [0.2, 0.25) is 0 Å². The maximum absolute atomic E-state index is 5.94. The van der Waals surface area contributed by atoms with Crippen LogP contribution in [0.4, 0.5) is 0 Å². The molecule has 1 aromatic heterocycles. The summed E-state index contributed by atoms with van der Waals surface area (Å²) in [5.74, 6) is 5.01. The van der Waals surface area contributed by atoms with Crippen LogP contribution >= 0.6 is 11.6 Å². The van der Waals surface area contributed by atoms with E-state index < -0.39 is 0 Å². The van der Waals surface area contributed by atoms with E-state index in [2.05, 4.69) is 9.82 Å². The van der Waals surface area contributed by atoms with Crippen LogP contribution in [0, 0.1) is 0 Å². The molecule has 0 saturated heterocycles. The molecule has 0 amide bonds. The van der Waals surface area contributed by atoms with Gasteiger partial charge >= 0.3 is 0 Å². The van der Waals surface area contributed by atoms with Crippen LogP contribution in [0.3, 0.4) is 0 Å². The lowest BCUT2D eigenvalue weighted by Crippen LogP contribution is -1.99. The highest BCUT2D eigenvalue weighted by molar-refractivity contribution is 6.35. The highest BCUT2D eigenvalue weighted by atomic mass is 35.5. The van der Waals surface area contributed by atoms with Crippen LogP contribution in [0.25, 0.3) is 10.9 Å². The Morgan fingerprint density at radius 2 is 2.31 bits per heavy atom. The predicted molar refractivity (Wildman–Crippen MR) is 52.3 cm³/mol. The molecule has 0 bridgehead atoms. The second-order valence-corrected chi connectivity index (χ2v) is 3.19. The Kier molecular flexibility index (Phi) is 2.22. The van der Waals surface area contributed by atoms with Crippen LogP contribution < -0.4 is 5.90 Å². The Bertz CT molecular complexity index is 424. The van der Waals surface area contributed by atoms with Gasteiger partial charge in [-0.15, -0.1) is 0 Å². The number of nitrogens with two attached hydrogens (primary N) is 1. The summed E-state index contributed by atoms with van der Waals surface area (Å²) in [6.45, 7) is 0.383. The second-order valence-electron chi connectivity index (χ2n) is 2.79. The second kappa shape index (κ2) is 3.38. The molecule has 3 nitrogen and oxygen atoms in total. The van der Waals surface area contributed by atoms with E-state index in [1.807, 2.05) is 18.2 Å². The molecule has 0 radical (unpaired) electrons. The number of hydrogen-bond acceptors (Lipinski definition) is 2. The highest BCUT2D eigenvalue weighted by Crippen LogP contribution is 2.25. The molecule has 0 fully saturated rings. The highest BCUT2D eigenvalue weighted by Gasteiger charge is 2.04. The average molecular weight is 197 g/mol. The van der Waals surface area contributed by atoms with Crippen molar-refractivity contribution in [1.29, 1.82) is 0 Å². The summed E-state index contributed by atoms with van der Waals surface area (Å²) < 4.78 is 0. The van der Waals surface area contributed by atoms with Crippen LogP contribution in [0.5, 0.6) is 0 Å². The van der Waals surface area contributed by atoms with Crippen molar-refractivity contribution in [2.24, 2.45) is 5.90 Å². The lowest BCUT2D eigenvalue weighted by atomic mass is 10.1. The van der Waals surface area contributed by atoms with Crippen molar-refractivity contribution in [1.82, 2.24) is 4.98 Å². The fourth-order valence-corrected chi connectivity index (χ4v) is 1.60. The molecule has 0 saturated carbocycles. The Balaban J connectivity index is 2.63. The summed E-state index contributed by atoms with van der Waals surface area (Å²) in [6, 6.07) is 5.83. The Labute approximate surface area is 80.4 Å². The standard InChI is InChI=1S/C9H9ClN2O/c10-8-4-12-9-6(5-13-11)2-1-3-7(8)9/h1-4,12H,5,11H2. The molecule has 1 heterocycles. The molecule has 0 atom stereocenters. The van der Waals surface area contributed by atoms with E-state index in [0.29, 0.717) is 11.6 Å². The van der Waals surface area contributed by atoms with Crippen LogP contribution in [0.15, 0.2) is 24.4 Å². The third-order valence-electron chi connectivity index (χ3n) is 1.99. The van der Waals surface area contributed by atoms with E-state index in [1.165, 1.54) is 0 Å². The van der Waals surface area contributed by atoms with Gasteiger partial charge in [-0.1, -0.05) is 29.8 Å². The maximum atomic E-state index is 5.94. The first kappa shape index (κ1) is 8.56. The molecule has 3 N–H and O–H groups in total. The van der Waals surface area contributed by atoms with Gasteiger partial charge in [0.15, 0.2) is 0 Å². The van der Waals surface area contributed by atoms with Gasteiger partial charge in [0.05, 0.1) is 17.1 Å². The fraction of sp³-hybridized carbons (Fsp3) is 0.111. The van der Waals surface area contributed by atoms with Crippen molar-refractivity contribution < 1.29 is 4.84 Å². The molecular formula is C9H9ClN2O. The molecule has 4 heteroatoms. The lowest BCUT2D eigenvalue weighted by molar-refractivity contribution is 0.125.